The number of esters is 2. The van der Waals surface area contributed by atoms with Crippen molar-refractivity contribution in [2.45, 2.75) is 97.2 Å². The molecule has 1 heterocycles. The Morgan fingerprint density at radius 3 is 2.23 bits per heavy atom. The second kappa shape index (κ2) is 11.9. The highest BCUT2D eigenvalue weighted by Gasteiger charge is 2.51. The molecule has 4 unspecified atom stereocenters. The van der Waals surface area contributed by atoms with Crippen LogP contribution >= 0.6 is 0 Å². The largest absolute Gasteiger partial charge is 0.461 e. The molecule has 190 valence electrons. The number of aryl methyl sites for hydroxylation is 1. The number of ether oxygens (including phenoxy) is 2. The Hall–Kier alpha value is -2.62. The minimum absolute atomic E-state index is 0.0695. The molecule has 1 aliphatic heterocycles. The molecule has 0 saturated carbocycles. The molecule has 0 amide bonds. The second-order valence-electron chi connectivity index (χ2n) is 10.7. The van der Waals surface area contributed by atoms with Gasteiger partial charge in [-0.3, -0.25) is 9.59 Å². The number of rotatable bonds is 11. The summed E-state index contributed by atoms with van der Waals surface area (Å²) in [5.74, 6) is -1.05. The van der Waals surface area contributed by atoms with Crippen LogP contribution in [0.25, 0.3) is 0 Å². The molecule has 3 rings (SSSR count). The van der Waals surface area contributed by atoms with Gasteiger partial charge >= 0.3 is 11.9 Å². The maximum absolute atomic E-state index is 13.8. The van der Waals surface area contributed by atoms with Crippen LogP contribution in [0, 0.1) is 11.3 Å². The third kappa shape index (κ3) is 6.54. The molecule has 1 fully saturated rings. The normalized spacial score (nSPS) is 23.4. The van der Waals surface area contributed by atoms with Crippen LogP contribution in [0.1, 0.15) is 90.2 Å². The Kier molecular flexibility index (Phi) is 9.15. The highest BCUT2D eigenvalue weighted by Crippen LogP contribution is 2.44. The monoisotopic (exact) mass is 478 g/mol. The molecule has 4 heteroatoms. The molecule has 0 bridgehead atoms. The zero-order valence-corrected chi connectivity index (χ0v) is 22.1. The first kappa shape index (κ1) is 27.0. The first-order chi connectivity index (χ1) is 16.7. The molecule has 0 radical (unpaired) electrons. The topological polar surface area (TPSA) is 52.6 Å². The van der Waals surface area contributed by atoms with Crippen molar-refractivity contribution < 1.29 is 19.1 Å². The van der Waals surface area contributed by atoms with Crippen molar-refractivity contribution in [3.8, 4) is 0 Å². The Labute approximate surface area is 211 Å². The van der Waals surface area contributed by atoms with Crippen molar-refractivity contribution in [2.75, 3.05) is 0 Å². The maximum atomic E-state index is 13.8. The quantitative estimate of drug-likeness (QED) is 0.319. The zero-order chi connectivity index (χ0) is 25.5. The predicted molar refractivity (Wildman–Crippen MR) is 140 cm³/mol. The van der Waals surface area contributed by atoms with Gasteiger partial charge in [0, 0.05) is 12.3 Å². The van der Waals surface area contributed by atoms with E-state index in [2.05, 4.69) is 38.1 Å². The number of cyclic esters (lactones) is 1. The molecule has 0 spiro atoms. The van der Waals surface area contributed by atoms with Crippen molar-refractivity contribution >= 4 is 11.9 Å². The SMILES string of the molecule is CCCC1(CCc2ccccc2)CC(OC(=O)C(C)(C)CC)C(C(CC)c2ccccc2)C(=O)O1. The molecule has 1 aliphatic rings. The van der Waals surface area contributed by atoms with Gasteiger partial charge in [0.2, 0.25) is 0 Å². The first-order valence-electron chi connectivity index (χ1n) is 13.3. The summed E-state index contributed by atoms with van der Waals surface area (Å²) >= 11 is 0. The Morgan fingerprint density at radius 2 is 1.66 bits per heavy atom. The van der Waals surface area contributed by atoms with Gasteiger partial charge in [-0.2, -0.15) is 0 Å². The van der Waals surface area contributed by atoms with Gasteiger partial charge in [0.25, 0.3) is 0 Å². The summed E-state index contributed by atoms with van der Waals surface area (Å²) in [4.78, 5) is 27.0. The van der Waals surface area contributed by atoms with Gasteiger partial charge in [0.05, 0.1) is 5.41 Å². The smallest absolute Gasteiger partial charge is 0.313 e. The molecule has 0 aromatic heterocycles. The van der Waals surface area contributed by atoms with E-state index in [9.17, 15) is 9.59 Å². The Bertz CT molecular complexity index is 952. The molecule has 0 aliphatic carbocycles. The number of carbonyl (C=O) groups excluding carboxylic acids is 2. The van der Waals surface area contributed by atoms with Crippen LogP contribution in [0.4, 0.5) is 0 Å². The maximum Gasteiger partial charge on any atom is 0.313 e. The van der Waals surface area contributed by atoms with Crippen LogP contribution in [-0.4, -0.2) is 23.6 Å². The van der Waals surface area contributed by atoms with E-state index in [4.69, 9.17) is 9.47 Å². The fraction of sp³-hybridized carbons (Fsp3) is 0.548. The highest BCUT2D eigenvalue weighted by molar-refractivity contribution is 5.79. The minimum atomic E-state index is -0.630. The van der Waals surface area contributed by atoms with Crippen LogP contribution in [-0.2, 0) is 25.5 Å². The lowest BCUT2D eigenvalue weighted by Crippen LogP contribution is -2.53. The van der Waals surface area contributed by atoms with Crippen LogP contribution in [0.3, 0.4) is 0 Å². The Morgan fingerprint density at radius 1 is 1.03 bits per heavy atom. The molecule has 4 nitrogen and oxygen atoms in total. The van der Waals surface area contributed by atoms with E-state index in [0.29, 0.717) is 12.8 Å². The molecule has 35 heavy (non-hydrogen) atoms. The minimum Gasteiger partial charge on any atom is -0.461 e. The van der Waals surface area contributed by atoms with Crippen LogP contribution in [0.15, 0.2) is 60.7 Å². The van der Waals surface area contributed by atoms with Crippen molar-refractivity contribution in [2.24, 2.45) is 11.3 Å². The summed E-state index contributed by atoms with van der Waals surface area (Å²) in [5.41, 5.74) is 1.07. The van der Waals surface area contributed by atoms with E-state index < -0.39 is 23.0 Å². The van der Waals surface area contributed by atoms with Crippen LogP contribution in [0.2, 0.25) is 0 Å². The summed E-state index contributed by atoms with van der Waals surface area (Å²) in [6, 6.07) is 20.4. The van der Waals surface area contributed by atoms with Crippen molar-refractivity contribution in [3.05, 3.63) is 71.8 Å². The van der Waals surface area contributed by atoms with Gasteiger partial charge in [-0.15, -0.1) is 0 Å². The van der Waals surface area contributed by atoms with Crippen molar-refractivity contribution in [1.82, 2.24) is 0 Å². The van der Waals surface area contributed by atoms with Crippen LogP contribution < -0.4 is 0 Å². The van der Waals surface area contributed by atoms with E-state index in [1.807, 2.05) is 57.2 Å². The number of hydrogen-bond acceptors (Lipinski definition) is 4. The third-order valence-corrected chi connectivity index (χ3v) is 7.78. The summed E-state index contributed by atoms with van der Waals surface area (Å²) in [6.07, 6.45) is 4.65. The standard InChI is InChI=1S/C31H42O4/c1-6-20-31(21-19-23-15-11-9-12-16-23)22-26(34-29(33)30(4,5)8-3)27(28(32)35-31)25(7-2)24-17-13-10-14-18-24/h9-18,25-27H,6-8,19-22H2,1-5H3. The lowest BCUT2D eigenvalue weighted by molar-refractivity contribution is -0.202. The second-order valence-corrected chi connectivity index (χ2v) is 10.7. The van der Waals surface area contributed by atoms with E-state index in [-0.39, 0.29) is 17.9 Å². The van der Waals surface area contributed by atoms with E-state index in [0.717, 1.165) is 37.7 Å². The molecule has 2 aromatic carbocycles. The number of benzene rings is 2. The van der Waals surface area contributed by atoms with Crippen molar-refractivity contribution in [1.29, 1.82) is 0 Å². The van der Waals surface area contributed by atoms with Gasteiger partial charge in [-0.05, 0) is 57.1 Å². The fourth-order valence-electron chi connectivity index (χ4n) is 5.25. The number of hydrogen-bond donors (Lipinski definition) is 0. The lowest BCUT2D eigenvalue weighted by Gasteiger charge is -2.46. The van der Waals surface area contributed by atoms with E-state index >= 15 is 0 Å². The fourth-order valence-corrected chi connectivity index (χ4v) is 5.25. The molecular formula is C31H42O4. The van der Waals surface area contributed by atoms with Crippen molar-refractivity contribution in [3.63, 3.8) is 0 Å². The first-order valence-corrected chi connectivity index (χ1v) is 13.3. The van der Waals surface area contributed by atoms with Gasteiger partial charge in [-0.1, -0.05) is 87.9 Å². The highest BCUT2D eigenvalue weighted by atomic mass is 16.6. The van der Waals surface area contributed by atoms with Crippen LogP contribution in [0.5, 0.6) is 0 Å². The Balaban J connectivity index is 1.95. The third-order valence-electron chi connectivity index (χ3n) is 7.78. The molecule has 1 saturated heterocycles. The molecular weight excluding hydrogens is 436 g/mol. The van der Waals surface area contributed by atoms with Gasteiger partial charge in [0.1, 0.15) is 17.6 Å². The average Bonchev–Trinajstić information content (AvgIpc) is 2.86. The lowest BCUT2D eigenvalue weighted by atomic mass is 9.73. The summed E-state index contributed by atoms with van der Waals surface area (Å²) in [7, 11) is 0. The summed E-state index contributed by atoms with van der Waals surface area (Å²) < 4.78 is 12.6. The van der Waals surface area contributed by atoms with Gasteiger partial charge < -0.3 is 9.47 Å². The van der Waals surface area contributed by atoms with E-state index in [1.165, 1.54) is 5.56 Å². The number of carbonyl (C=O) groups is 2. The molecule has 2 aromatic rings. The summed E-state index contributed by atoms with van der Waals surface area (Å²) in [5, 5.41) is 0. The molecule has 0 N–H and O–H groups in total. The van der Waals surface area contributed by atoms with Gasteiger partial charge in [-0.25, -0.2) is 0 Å². The zero-order valence-electron chi connectivity index (χ0n) is 22.1. The average molecular weight is 479 g/mol. The predicted octanol–water partition coefficient (Wildman–Crippen LogP) is 7.26. The summed E-state index contributed by atoms with van der Waals surface area (Å²) in [6.45, 7) is 10.0. The van der Waals surface area contributed by atoms with E-state index in [1.54, 1.807) is 0 Å². The van der Waals surface area contributed by atoms with Gasteiger partial charge in [0.15, 0.2) is 0 Å². The molecule has 4 atom stereocenters.